The van der Waals surface area contributed by atoms with Gasteiger partial charge in [-0.2, -0.15) is 0 Å². The monoisotopic (exact) mass is 233 g/mol. The summed E-state index contributed by atoms with van der Waals surface area (Å²) in [5, 5.41) is 9.12. The summed E-state index contributed by atoms with van der Waals surface area (Å²) in [6.45, 7) is 1.34. The molecule has 0 spiro atoms. The van der Waals surface area contributed by atoms with Gasteiger partial charge < -0.3 is 10.0 Å². The summed E-state index contributed by atoms with van der Waals surface area (Å²) in [5.74, 6) is -0.839. The average molecular weight is 233 g/mol. The molecule has 1 aliphatic rings. The number of ketones is 1. The van der Waals surface area contributed by atoms with Crippen molar-refractivity contribution in [3.63, 3.8) is 0 Å². The fraction of sp³-hybridized carbons (Fsp3) is 0.385. The van der Waals surface area contributed by atoms with Crippen molar-refractivity contribution in [2.24, 2.45) is 0 Å². The molecule has 0 unspecified atom stereocenters. The molecule has 2 rings (SSSR count). The van der Waals surface area contributed by atoms with Crippen LogP contribution in [-0.2, 0) is 4.79 Å². The van der Waals surface area contributed by atoms with Crippen LogP contribution in [0.25, 0.3) is 0 Å². The van der Waals surface area contributed by atoms with E-state index in [4.69, 9.17) is 5.11 Å². The van der Waals surface area contributed by atoms with E-state index in [0.29, 0.717) is 18.7 Å². The van der Waals surface area contributed by atoms with Crippen LogP contribution in [-0.4, -0.2) is 34.8 Å². The quantitative estimate of drug-likeness (QED) is 0.623. The van der Waals surface area contributed by atoms with Gasteiger partial charge in [-0.05, 0) is 43.5 Å². The normalized spacial score (nSPS) is 15.6. The Morgan fingerprint density at radius 3 is 2.18 bits per heavy atom. The molecule has 1 saturated heterocycles. The summed E-state index contributed by atoms with van der Waals surface area (Å²) in [5.41, 5.74) is 0.332. The fourth-order valence-corrected chi connectivity index (χ4v) is 1.98. The topological polar surface area (TPSA) is 57.6 Å². The Bertz CT molecular complexity index is 419. The van der Waals surface area contributed by atoms with E-state index in [9.17, 15) is 9.59 Å². The number of nitrogens with zero attached hydrogens (tertiary/aromatic N) is 1. The minimum atomic E-state index is -0.494. The number of carbonyl (C=O) groups excluding carboxylic acids is 2. The molecule has 1 aliphatic heterocycles. The van der Waals surface area contributed by atoms with Crippen LogP contribution in [0.15, 0.2) is 24.3 Å². The summed E-state index contributed by atoms with van der Waals surface area (Å²) in [6, 6.07) is 5.77. The zero-order valence-electron chi connectivity index (χ0n) is 9.56. The van der Waals surface area contributed by atoms with E-state index in [1.807, 2.05) is 0 Å². The first-order valence-electron chi connectivity index (χ1n) is 5.81. The summed E-state index contributed by atoms with van der Waals surface area (Å²) in [4.78, 5) is 25.4. The lowest BCUT2D eigenvalue weighted by molar-refractivity contribution is -0.127. The van der Waals surface area contributed by atoms with Crippen molar-refractivity contribution in [1.82, 2.24) is 4.90 Å². The molecule has 0 aromatic heterocycles. The van der Waals surface area contributed by atoms with Crippen molar-refractivity contribution in [2.75, 3.05) is 13.1 Å². The van der Waals surface area contributed by atoms with E-state index < -0.39 is 11.7 Å². The van der Waals surface area contributed by atoms with Gasteiger partial charge in [0.2, 0.25) is 5.78 Å². The minimum Gasteiger partial charge on any atom is -0.508 e. The summed E-state index contributed by atoms with van der Waals surface area (Å²) < 4.78 is 0. The number of hydrogen-bond donors (Lipinski definition) is 1. The smallest absolute Gasteiger partial charge is 0.294 e. The molecule has 0 atom stereocenters. The van der Waals surface area contributed by atoms with E-state index in [2.05, 4.69) is 0 Å². The van der Waals surface area contributed by atoms with Crippen molar-refractivity contribution < 1.29 is 14.7 Å². The van der Waals surface area contributed by atoms with Crippen LogP contribution in [0, 0.1) is 0 Å². The standard InChI is InChI=1S/C13H15NO3/c15-11-6-4-10(5-7-11)12(16)13(17)14-8-2-1-3-9-14/h4-7,15H,1-3,8-9H2. The molecule has 90 valence electrons. The number of likely N-dealkylation sites (tertiary alicyclic amines) is 1. The predicted molar refractivity (Wildman–Crippen MR) is 62.9 cm³/mol. The summed E-state index contributed by atoms with van der Waals surface area (Å²) >= 11 is 0. The van der Waals surface area contributed by atoms with Crippen LogP contribution in [0.3, 0.4) is 0 Å². The Morgan fingerprint density at radius 1 is 1.00 bits per heavy atom. The third-order valence-corrected chi connectivity index (χ3v) is 2.97. The second-order valence-electron chi connectivity index (χ2n) is 4.23. The number of hydrogen-bond acceptors (Lipinski definition) is 3. The predicted octanol–water partition coefficient (Wildman–Crippen LogP) is 1.59. The number of carbonyl (C=O) groups is 2. The highest BCUT2D eigenvalue weighted by Crippen LogP contribution is 2.13. The number of amides is 1. The number of phenols is 1. The lowest BCUT2D eigenvalue weighted by atomic mass is 10.1. The van der Waals surface area contributed by atoms with E-state index in [1.54, 1.807) is 4.90 Å². The third-order valence-electron chi connectivity index (χ3n) is 2.97. The van der Waals surface area contributed by atoms with Crippen LogP contribution >= 0.6 is 0 Å². The molecule has 0 aliphatic carbocycles. The molecule has 0 bridgehead atoms. The van der Waals surface area contributed by atoms with Crippen molar-refractivity contribution in [1.29, 1.82) is 0 Å². The van der Waals surface area contributed by atoms with Gasteiger partial charge >= 0.3 is 0 Å². The molecular weight excluding hydrogens is 218 g/mol. The second kappa shape index (κ2) is 4.99. The molecule has 1 N–H and O–H groups in total. The summed E-state index contributed by atoms with van der Waals surface area (Å²) in [7, 11) is 0. The third kappa shape index (κ3) is 2.64. The lowest BCUT2D eigenvalue weighted by Gasteiger charge is -2.25. The fourth-order valence-electron chi connectivity index (χ4n) is 1.98. The highest BCUT2D eigenvalue weighted by atomic mass is 16.3. The van der Waals surface area contributed by atoms with Crippen LogP contribution in [0.5, 0.6) is 5.75 Å². The number of benzene rings is 1. The van der Waals surface area contributed by atoms with Gasteiger partial charge in [0.1, 0.15) is 5.75 Å². The number of phenolic OH excluding ortho intramolecular Hbond substituents is 1. The van der Waals surface area contributed by atoms with Gasteiger partial charge in [-0.3, -0.25) is 9.59 Å². The molecule has 0 saturated carbocycles. The van der Waals surface area contributed by atoms with Crippen LogP contribution in [0.4, 0.5) is 0 Å². The largest absolute Gasteiger partial charge is 0.508 e. The first kappa shape index (κ1) is 11.6. The zero-order valence-corrected chi connectivity index (χ0v) is 9.56. The van der Waals surface area contributed by atoms with E-state index in [0.717, 1.165) is 19.3 Å². The van der Waals surface area contributed by atoms with Crippen LogP contribution < -0.4 is 0 Å². The molecule has 4 nitrogen and oxygen atoms in total. The molecule has 0 radical (unpaired) electrons. The lowest BCUT2D eigenvalue weighted by Crippen LogP contribution is -2.40. The molecule has 1 fully saturated rings. The van der Waals surface area contributed by atoms with E-state index in [1.165, 1.54) is 24.3 Å². The molecule has 1 amide bonds. The van der Waals surface area contributed by atoms with Gasteiger partial charge in [-0.15, -0.1) is 0 Å². The minimum absolute atomic E-state index is 0.0898. The van der Waals surface area contributed by atoms with Gasteiger partial charge in [0, 0.05) is 18.7 Å². The first-order chi connectivity index (χ1) is 8.18. The highest BCUT2D eigenvalue weighted by Gasteiger charge is 2.24. The Balaban J connectivity index is 2.08. The molecule has 1 aromatic rings. The summed E-state index contributed by atoms with van der Waals surface area (Å²) in [6.07, 6.45) is 3.06. The van der Waals surface area contributed by atoms with Crippen molar-refractivity contribution in [3.8, 4) is 5.75 Å². The van der Waals surface area contributed by atoms with Gasteiger partial charge in [0.05, 0.1) is 0 Å². The van der Waals surface area contributed by atoms with Crippen molar-refractivity contribution in [3.05, 3.63) is 29.8 Å². The average Bonchev–Trinajstić information content (AvgIpc) is 2.39. The molecular formula is C13H15NO3. The van der Waals surface area contributed by atoms with Gasteiger partial charge in [-0.25, -0.2) is 0 Å². The molecule has 1 heterocycles. The number of aromatic hydroxyl groups is 1. The van der Waals surface area contributed by atoms with Gasteiger partial charge in [0.15, 0.2) is 0 Å². The Morgan fingerprint density at radius 2 is 1.59 bits per heavy atom. The Kier molecular flexibility index (Phi) is 3.42. The maximum Gasteiger partial charge on any atom is 0.294 e. The Labute approximate surface area is 99.9 Å². The van der Waals surface area contributed by atoms with E-state index in [-0.39, 0.29) is 5.75 Å². The molecule has 1 aromatic carbocycles. The van der Waals surface area contributed by atoms with E-state index >= 15 is 0 Å². The van der Waals surface area contributed by atoms with Gasteiger partial charge in [-0.1, -0.05) is 0 Å². The Hall–Kier alpha value is -1.84. The van der Waals surface area contributed by atoms with Crippen LogP contribution in [0.1, 0.15) is 29.6 Å². The first-order valence-corrected chi connectivity index (χ1v) is 5.81. The highest BCUT2D eigenvalue weighted by molar-refractivity contribution is 6.42. The maximum absolute atomic E-state index is 11.9. The SMILES string of the molecule is O=C(C(=O)N1CCCCC1)c1ccc(O)cc1. The number of Topliss-reactive ketones (excluding diaryl/α,β-unsaturated/α-hetero) is 1. The molecule has 17 heavy (non-hydrogen) atoms. The number of piperidine rings is 1. The molecule has 4 heteroatoms. The zero-order chi connectivity index (χ0) is 12.3. The second-order valence-corrected chi connectivity index (χ2v) is 4.23. The van der Waals surface area contributed by atoms with Crippen LogP contribution in [0.2, 0.25) is 0 Å². The van der Waals surface area contributed by atoms with Gasteiger partial charge in [0.25, 0.3) is 5.91 Å². The number of rotatable bonds is 2. The maximum atomic E-state index is 11.9. The van der Waals surface area contributed by atoms with Crippen molar-refractivity contribution >= 4 is 11.7 Å². The van der Waals surface area contributed by atoms with Crippen molar-refractivity contribution in [2.45, 2.75) is 19.3 Å².